The van der Waals surface area contributed by atoms with E-state index in [1.807, 2.05) is 26.2 Å². The Bertz CT molecular complexity index is 339. The molecule has 1 aromatic rings. The van der Waals surface area contributed by atoms with Crippen LogP contribution in [-0.4, -0.2) is 16.7 Å². The first-order valence-electron chi connectivity index (χ1n) is 4.18. The van der Waals surface area contributed by atoms with Gasteiger partial charge in [0.05, 0.1) is 10.6 Å². The molecule has 0 saturated carbocycles. The first-order chi connectivity index (χ1) is 6.44. The highest BCUT2D eigenvalue weighted by Gasteiger charge is 2.19. The van der Waals surface area contributed by atoms with E-state index >= 15 is 0 Å². The molecule has 5 heteroatoms. The molecule has 0 saturated heterocycles. The zero-order valence-corrected chi connectivity index (χ0v) is 9.26. The SMILES string of the molecule is CC(C)(C)OC(=NO)c1ccsc1N. The second-order valence-corrected chi connectivity index (χ2v) is 4.77. The second kappa shape index (κ2) is 3.88. The minimum atomic E-state index is -0.407. The summed E-state index contributed by atoms with van der Waals surface area (Å²) in [6, 6.07) is 1.76. The van der Waals surface area contributed by atoms with E-state index in [1.165, 1.54) is 11.3 Å². The number of nitrogens with two attached hydrogens (primary N) is 1. The van der Waals surface area contributed by atoms with Crippen molar-refractivity contribution in [3.05, 3.63) is 17.0 Å². The number of anilines is 1. The Morgan fingerprint density at radius 2 is 2.21 bits per heavy atom. The summed E-state index contributed by atoms with van der Waals surface area (Å²) in [6.07, 6.45) is 0. The summed E-state index contributed by atoms with van der Waals surface area (Å²) in [5.41, 5.74) is 5.91. The molecule has 0 radical (unpaired) electrons. The Balaban J connectivity index is 2.91. The van der Waals surface area contributed by atoms with Crippen molar-refractivity contribution in [2.24, 2.45) is 5.16 Å². The van der Waals surface area contributed by atoms with Crippen LogP contribution in [0.4, 0.5) is 5.00 Å². The summed E-state index contributed by atoms with van der Waals surface area (Å²) in [5, 5.41) is 14.3. The van der Waals surface area contributed by atoms with E-state index in [9.17, 15) is 0 Å². The molecule has 4 nitrogen and oxygen atoms in total. The molecule has 3 N–H and O–H groups in total. The van der Waals surface area contributed by atoms with Gasteiger partial charge in [-0.05, 0) is 37.4 Å². The van der Waals surface area contributed by atoms with Gasteiger partial charge in [0.1, 0.15) is 5.60 Å². The van der Waals surface area contributed by atoms with E-state index in [1.54, 1.807) is 6.07 Å². The molecule has 0 aromatic carbocycles. The van der Waals surface area contributed by atoms with Gasteiger partial charge in [-0.25, -0.2) is 0 Å². The molecule has 0 aliphatic rings. The highest BCUT2D eigenvalue weighted by molar-refractivity contribution is 7.14. The van der Waals surface area contributed by atoms with Crippen molar-refractivity contribution in [2.75, 3.05) is 5.73 Å². The van der Waals surface area contributed by atoms with Gasteiger partial charge < -0.3 is 15.7 Å². The zero-order chi connectivity index (χ0) is 10.8. The van der Waals surface area contributed by atoms with Gasteiger partial charge in [0.15, 0.2) is 0 Å². The van der Waals surface area contributed by atoms with Gasteiger partial charge in [0.25, 0.3) is 5.90 Å². The van der Waals surface area contributed by atoms with Crippen LogP contribution in [-0.2, 0) is 4.74 Å². The van der Waals surface area contributed by atoms with E-state index in [0.717, 1.165) is 0 Å². The molecule has 1 aromatic heterocycles. The maximum Gasteiger partial charge on any atom is 0.260 e. The molecule has 0 amide bonds. The molecule has 1 rings (SSSR count). The van der Waals surface area contributed by atoms with Crippen LogP contribution in [0.2, 0.25) is 0 Å². The summed E-state index contributed by atoms with van der Waals surface area (Å²) in [4.78, 5) is 0. The Morgan fingerprint density at radius 1 is 1.57 bits per heavy atom. The lowest BCUT2D eigenvalue weighted by atomic mass is 10.2. The second-order valence-electron chi connectivity index (χ2n) is 3.82. The van der Waals surface area contributed by atoms with Crippen LogP contribution in [0, 0.1) is 0 Å². The van der Waals surface area contributed by atoms with Gasteiger partial charge in [0, 0.05) is 0 Å². The number of hydrogen-bond donors (Lipinski definition) is 2. The number of thiophene rings is 1. The maximum absolute atomic E-state index is 8.80. The third-order valence-corrected chi connectivity index (χ3v) is 2.17. The van der Waals surface area contributed by atoms with E-state index in [-0.39, 0.29) is 5.90 Å². The number of oxime groups is 1. The smallest absolute Gasteiger partial charge is 0.260 e. The van der Waals surface area contributed by atoms with Crippen LogP contribution in [0.15, 0.2) is 16.6 Å². The fraction of sp³-hybridized carbons (Fsp3) is 0.444. The van der Waals surface area contributed by atoms with Crippen LogP contribution in [0.1, 0.15) is 26.3 Å². The lowest BCUT2D eigenvalue weighted by Gasteiger charge is -2.21. The molecular weight excluding hydrogens is 200 g/mol. The predicted octanol–water partition coefficient (Wildman–Crippen LogP) is 2.28. The normalized spacial score (nSPS) is 12.9. The minimum absolute atomic E-state index is 0.163. The number of nitrogen functional groups attached to an aromatic ring is 1. The maximum atomic E-state index is 8.80. The van der Waals surface area contributed by atoms with Gasteiger partial charge in [-0.3, -0.25) is 0 Å². The average molecular weight is 214 g/mol. The minimum Gasteiger partial charge on any atom is -0.469 e. The molecule has 0 aliphatic carbocycles. The van der Waals surface area contributed by atoms with Crippen molar-refractivity contribution >= 4 is 22.2 Å². The lowest BCUT2D eigenvalue weighted by molar-refractivity contribution is 0.109. The molecule has 0 aliphatic heterocycles. The first kappa shape index (κ1) is 10.8. The van der Waals surface area contributed by atoms with Crippen molar-refractivity contribution in [3.8, 4) is 0 Å². The van der Waals surface area contributed by atoms with Crippen LogP contribution in [0.25, 0.3) is 0 Å². The number of hydrogen-bond acceptors (Lipinski definition) is 5. The summed E-state index contributed by atoms with van der Waals surface area (Å²) < 4.78 is 5.44. The van der Waals surface area contributed by atoms with Gasteiger partial charge >= 0.3 is 0 Å². The first-order valence-corrected chi connectivity index (χ1v) is 5.06. The molecule has 0 spiro atoms. The van der Waals surface area contributed by atoms with Crippen LogP contribution < -0.4 is 5.73 Å². The van der Waals surface area contributed by atoms with Gasteiger partial charge in [-0.1, -0.05) is 0 Å². The summed E-state index contributed by atoms with van der Waals surface area (Å²) in [5.74, 6) is 0.163. The highest BCUT2D eigenvalue weighted by Crippen LogP contribution is 2.22. The molecule has 0 unspecified atom stereocenters. The molecule has 0 atom stereocenters. The van der Waals surface area contributed by atoms with Crippen LogP contribution in [0.5, 0.6) is 0 Å². The van der Waals surface area contributed by atoms with E-state index in [4.69, 9.17) is 15.7 Å². The molecular formula is C9H14N2O2S. The number of ether oxygens (including phenoxy) is 1. The van der Waals surface area contributed by atoms with E-state index in [0.29, 0.717) is 10.6 Å². The van der Waals surface area contributed by atoms with Crippen molar-refractivity contribution in [3.63, 3.8) is 0 Å². The van der Waals surface area contributed by atoms with E-state index in [2.05, 4.69) is 5.16 Å². The Morgan fingerprint density at radius 3 is 2.57 bits per heavy atom. The fourth-order valence-corrected chi connectivity index (χ4v) is 1.55. The quantitative estimate of drug-likeness (QED) is 0.326. The topological polar surface area (TPSA) is 67.8 Å². The van der Waals surface area contributed by atoms with Gasteiger partial charge in [-0.2, -0.15) is 0 Å². The third kappa shape index (κ3) is 2.63. The lowest BCUT2D eigenvalue weighted by Crippen LogP contribution is -2.24. The Labute approximate surface area is 87.0 Å². The number of nitrogens with zero attached hydrogens (tertiary/aromatic N) is 1. The van der Waals surface area contributed by atoms with Gasteiger partial charge in [-0.15, -0.1) is 11.3 Å². The van der Waals surface area contributed by atoms with Crippen molar-refractivity contribution in [1.82, 2.24) is 0 Å². The van der Waals surface area contributed by atoms with Crippen LogP contribution >= 0.6 is 11.3 Å². The Kier molecular flexibility index (Phi) is 3.00. The third-order valence-electron chi connectivity index (χ3n) is 1.42. The average Bonchev–Trinajstić information content (AvgIpc) is 2.45. The summed E-state index contributed by atoms with van der Waals surface area (Å²) in [6.45, 7) is 5.63. The Hall–Kier alpha value is -1.23. The molecule has 0 fully saturated rings. The van der Waals surface area contributed by atoms with Crippen molar-refractivity contribution in [2.45, 2.75) is 26.4 Å². The van der Waals surface area contributed by atoms with E-state index < -0.39 is 5.60 Å². The predicted molar refractivity (Wildman–Crippen MR) is 57.9 cm³/mol. The largest absolute Gasteiger partial charge is 0.469 e. The van der Waals surface area contributed by atoms with Gasteiger partial charge in [0.2, 0.25) is 0 Å². The summed E-state index contributed by atoms with van der Waals surface area (Å²) >= 11 is 1.38. The van der Waals surface area contributed by atoms with Crippen molar-refractivity contribution in [1.29, 1.82) is 0 Å². The fourth-order valence-electron chi connectivity index (χ4n) is 0.917. The number of rotatable bonds is 1. The van der Waals surface area contributed by atoms with Crippen molar-refractivity contribution < 1.29 is 9.94 Å². The molecule has 1 heterocycles. The molecule has 78 valence electrons. The highest BCUT2D eigenvalue weighted by atomic mass is 32.1. The van der Waals surface area contributed by atoms with Crippen LogP contribution in [0.3, 0.4) is 0 Å². The zero-order valence-electron chi connectivity index (χ0n) is 8.44. The summed E-state index contributed by atoms with van der Waals surface area (Å²) in [7, 11) is 0. The standard InChI is InChI=1S/C9H14N2O2S/c1-9(2,3)13-8(11-12)6-4-5-14-7(6)10/h4-5,12H,10H2,1-3H3. The monoisotopic (exact) mass is 214 g/mol. The molecule has 0 bridgehead atoms. The molecule has 14 heavy (non-hydrogen) atoms.